The van der Waals surface area contributed by atoms with Crippen LogP contribution in [-0.2, 0) is 11.2 Å². The number of ether oxygens (including phenoxy) is 3. The van der Waals surface area contributed by atoms with Gasteiger partial charge in [0.1, 0.15) is 36.0 Å². The van der Waals surface area contributed by atoms with E-state index in [2.05, 4.69) is 67.5 Å². The van der Waals surface area contributed by atoms with E-state index < -0.39 is 0 Å². The van der Waals surface area contributed by atoms with Crippen LogP contribution in [0, 0.1) is 13.8 Å². The highest BCUT2D eigenvalue weighted by atomic mass is 16.6. The van der Waals surface area contributed by atoms with Gasteiger partial charge < -0.3 is 14.2 Å². The monoisotopic (exact) mass is 483 g/mol. The SMILES string of the molecule is CCCc1ccc(-c2cn([C@H]3C[C@H](Oc4ccc(C)cc4)[C@@H](COc4ccc(C)cc4)O3)nn2)cc1. The maximum Gasteiger partial charge on any atom is 0.156 e. The van der Waals surface area contributed by atoms with Gasteiger partial charge in [-0.25, -0.2) is 4.68 Å². The predicted octanol–water partition coefficient (Wildman–Crippen LogP) is 6.33. The Kier molecular flexibility index (Phi) is 7.33. The second kappa shape index (κ2) is 11.0. The molecule has 0 saturated carbocycles. The lowest BCUT2D eigenvalue weighted by Gasteiger charge is -2.20. The minimum Gasteiger partial charge on any atom is -0.491 e. The molecule has 3 atom stereocenters. The molecular weight excluding hydrogens is 450 g/mol. The normalized spacial score (nSPS) is 19.4. The van der Waals surface area contributed by atoms with E-state index in [0.29, 0.717) is 13.0 Å². The van der Waals surface area contributed by atoms with E-state index in [4.69, 9.17) is 14.2 Å². The van der Waals surface area contributed by atoms with E-state index >= 15 is 0 Å². The van der Waals surface area contributed by atoms with Gasteiger partial charge in [0.05, 0.1) is 6.20 Å². The quantitative estimate of drug-likeness (QED) is 0.278. The maximum absolute atomic E-state index is 6.41. The Morgan fingerprint density at radius 3 is 2.22 bits per heavy atom. The predicted molar refractivity (Wildman–Crippen MR) is 140 cm³/mol. The van der Waals surface area contributed by atoms with Gasteiger partial charge in [-0.1, -0.05) is 78.2 Å². The zero-order valence-electron chi connectivity index (χ0n) is 21.1. The zero-order chi connectivity index (χ0) is 24.9. The lowest BCUT2D eigenvalue weighted by molar-refractivity contribution is -0.0406. The number of aryl methyl sites for hydroxylation is 3. The van der Waals surface area contributed by atoms with Gasteiger partial charge in [-0.3, -0.25) is 0 Å². The summed E-state index contributed by atoms with van der Waals surface area (Å²) in [6.07, 6.45) is 4.10. The van der Waals surface area contributed by atoms with Crippen LogP contribution in [0.1, 0.15) is 42.7 Å². The molecule has 1 aliphatic heterocycles. The molecule has 1 aliphatic rings. The number of nitrogens with zero attached hydrogens (tertiary/aromatic N) is 3. The van der Waals surface area contributed by atoms with E-state index in [1.54, 1.807) is 4.68 Å². The van der Waals surface area contributed by atoms with Crippen LogP contribution in [0.3, 0.4) is 0 Å². The topological polar surface area (TPSA) is 58.4 Å². The zero-order valence-corrected chi connectivity index (χ0v) is 21.1. The molecule has 1 fully saturated rings. The van der Waals surface area contributed by atoms with Gasteiger partial charge in [0, 0.05) is 12.0 Å². The summed E-state index contributed by atoms with van der Waals surface area (Å²) in [5.74, 6) is 1.64. The summed E-state index contributed by atoms with van der Waals surface area (Å²) in [5, 5.41) is 8.81. The van der Waals surface area contributed by atoms with Crippen molar-refractivity contribution in [3.63, 3.8) is 0 Å². The van der Waals surface area contributed by atoms with Crippen molar-refractivity contribution in [3.8, 4) is 22.8 Å². The average molecular weight is 484 g/mol. The Morgan fingerprint density at radius 1 is 0.889 bits per heavy atom. The van der Waals surface area contributed by atoms with E-state index in [0.717, 1.165) is 35.6 Å². The smallest absolute Gasteiger partial charge is 0.156 e. The Bertz CT molecular complexity index is 1250. The van der Waals surface area contributed by atoms with Crippen LogP contribution in [0.2, 0.25) is 0 Å². The molecule has 6 nitrogen and oxygen atoms in total. The minimum absolute atomic E-state index is 0.177. The first-order chi connectivity index (χ1) is 17.6. The second-order valence-electron chi connectivity index (χ2n) is 9.49. The minimum atomic E-state index is -0.285. The first kappa shape index (κ1) is 24.1. The molecule has 4 aromatic rings. The van der Waals surface area contributed by atoms with Gasteiger partial charge in [0.25, 0.3) is 0 Å². The Morgan fingerprint density at radius 2 is 1.56 bits per heavy atom. The van der Waals surface area contributed by atoms with E-state index in [-0.39, 0.29) is 18.4 Å². The van der Waals surface area contributed by atoms with Gasteiger partial charge in [-0.05, 0) is 50.1 Å². The van der Waals surface area contributed by atoms with Crippen LogP contribution < -0.4 is 9.47 Å². The molecule has 0 radical (unpaired) electrons. The van der Waals surface area contributed by atoms with Crippen LogP contribution in [0.25, 0.3) is 11.3 Å². The van der Waals surface area contributed by atoms with Gasteiger partial charge >= 0.3 is 0 Å². The fourth-order valence-corrected chi connectivity index (χ4v) is 4.42. The van der Waals surface area contributed by atoms with Crippen LogP contribution >= 0.6 is 0 Å². The van der Waals surface area contributed by atoms with Crippen LogP contribution in [-0.4, -0.2) is 33.8 Å². The fraction of sp³-hybridized carbons (Fsp3) is 0.333. The van der Waals surface area contributed by atoms with Crippen molar-refractivity contribution in [2.24, 2.45) is 0 Å². The molecule has 0 aliphatic carbocycles. The fourth-order valence-electron chi connectivity index (χ4n) is 4.42. The first-order valence-corrected chi connectivity index (χ1v) is 12.7. The van der Waals surface area contributed by atoms with Crippen molar-refractivity contribution in [2.75, 3.05) is 6.61 Å². The van der Waals surface area contributed by atoms with Crippen LogP contribution in [0.4, 0.5) is 0 Å². The van der Waals surface area contributed by atoms with Gasteiger partial charge in [0.15, 0.2) is 6.23 Å². The van der Waals surface area contributed by atoms with Crippen molar-refractivity contribution >= 4 is 0 Å². The highest BCUT2D eigenvalue weighted by Crippen LogP contribution is 2.33. The molecule has 5 rings (SSSR count). The van der Waals surface area contributed by atoms with E-state index in [1.807, 2.05) is 42.6 Å². The summed E-state index contributed by atoms with van der Waals surface area (Å²) in [4.78, 5) is 0. The van der Waals surface area contributed by atoms with Gasteiger partial charge in [0.2, 0.25) is 0 Å². The van der Waals surface area contributed by atoms with Crippen molar-refractivity contribution in [1.29, 1.82) is 0 Å². The number of hydrogen-bond donors (Lipinski definition) is 0. The van der Waals surface area contributed by atoms with Crippen molar-refractivity contribution in [2.45, 2.75) is 58.5 Å². The molecule has 186 valence electrons. The molecule has 0 spiro atoms. The number of benzene rings is 3. The molecule has 36 heavy (non-hydrogen) atoms. The van der Waals surface area contributed by atoms with Gasteiger partial charge in [-0.15, -0.1) is 5.10 Å². The van der Waals surface area contributed by atoms with Gasteiger partial charge in [-0.2, -0.15) is 0 Å². The highest BCUT2D eigenvalue weighted by molar-refractivity contribution is 5.58. The van der Waals surface area contributed by atoms with Crippen molar-refractivity contribution in [1.82, 2.24) is 15.0 Å². The summed E-state index contributed by atoms with van der Waals surface area (Å²) in [6.45, 7) is 6.70. The average Bonchev–Trinajstić information content (AvgIpc) is 3.53. The van der Waals surface area contributed by atoms with Crippen molar-refractivity contribution in [3.05, 3.63) is 95.7 Å². The lowest BCUT2D eigenvalue weighted by atomic mass is 10.1. The largest absolute Gasteiger partial charge is 0.491 e. The van der Waals surface area contributed by atoms with E-state index in [9.17, 15) is 0 Å². The summed E-state index contributed by atoms with van der Waals surface area (Å²) < 4.78 is 20.6. The third kappa shape index (κ3) is 5.77. The molecule has 6 heteroatoms. The second-order valence-corrected chi connectivity index (χ2v) is 9.49. The Hall–Kier alpha value is -3.64. The van der Waals surface area contributed by atoms with Crippen molar-refractivity contribution < 1.29 is 14.2 Å². The third-order valence-electron chi connectivity index (χ3n) is 6.52. The molecular formula is C30H33N3O3. The molecule has 0 N–H and O–H groups in total. The van der Waals surface area contributed by atoms with Crippen LogP contribution in [0.5, 0.6) is 11.5 Å². The molecule has 2 heterocycles. The number of rotatable bonds is 9. The first-order valence-electron chi connectivity index (χ1n) is 12.7. The summed E-state index contributed by atoms with van der Waals surface area (Å²) in [6, 6.07) is 24.7. The third-order valence-corrected chi connectivity index (χ3v) is 6.52. The van der Waals surface area contributed by atoms with Crippen LogP contribution in [0.15, 0.2) is 79.0 Å². The molecule has 1 saturated heterocycles. The van der Waals surface area contributed by atoms with E-state index in [1.165, 1.54) is 16.7 Å². The number of hydrogen-bond acceptors (Lipinski definition) is 5. The maximum atomic E-state index is 6.41. The Balaban J connectivity index is 1.31. The molecule has 0 amide bonds. The molecule has 0 bridgehead atoms. The molecule has 3 aromatic carbocycles. The number of aromatic nitrogens is 3. The molecule has 0 unspecified atom stereocenters. The lowest BCUT2D eigenvalue weighted by Crippen LogP contribution is -2.32. The highest BCUT2D eigenvalue weighted by Gasteiger charge is 2.39. The standard InChI is InChI=1S/C30H33N3O3/c1-4-5-23-10-12-24(13-11-23)27-19-33(32-31-27)30-18-28(35-26-16-8-22(3)9-17-26)29(36-30)20-34-25-14-6-21(2)7-15-25/h6-17,19,28-30H,4-5,18,20H2,1-3H3/t28-,29+,30+/m0/s1. The summed E-state index contributed by atoms with van der Waals surface area (Å²) in [5.41, 5.74) is 5.60. The summed E-state index contributed by atoms with van der Waals surface area (Å²) in [7, 11) is 0. The Labute approximate surface area is 212 Å². The summed E-state index contributed by atoms with van der Waals surface area (Å²) >= 11 is 0. The molecule has 1 aromatic heterocycles.